The summed E-state index contributed by atoms with van der Waals surface area (Å²) >= 11 is 0. The Morgan fingerprint density at radius 2 is 0.436 bits per heavy atom. The summed E-state index contributed by atoms with van der Waals surface area (Å²) < 4.78 is 16.9. The first-order valence-corrected chi connectivity index (χ1v) is 35.3. The van der Waals surface area contributed by atoms with Crippen LogP contribution in [0.5, 0.6) is 0 Å². The number of ether oxygens (including phenoxy) is 3. The maximum atomic E-state index is 12.9. The zero-order chi connectivity index (χ0) is 56.4. The molecule has 0 aliphatic carbocycles. The van der Waals surface area contributed by atoms with Crippen molar-refractivity contribution in [1.82, 2.24) is 0 Å². The van der Waals surface area contributed by atoms with Crippen molar-refractivity contribution < 1.29 is 28.6 Å². The summed E-state index contributed by atoms with van der Waals surface area (Å²) in [6.07, 6.45) is 82.3. The topological polar surface area (TPSA) is 78.9 Å². The van der Waals surface area contributed by atoms with Crippen molar-refractivity contribution in [3.05, 3.63) is 24.3 Å². The van der Waals surface area contributed by atoms with Gasteiger partial charge in [0, 0.05) is 19.3 Å². The van der Waals surface area contributed by atoms with Crippen molar-refractivity contribution in [2.24, 2.45) is 0 Å². The summed E-state index contributed by atoms with van der Waals surface area (Å²) in [6.45, 7) is 6.67. The lowest BCUT2D eigenvalue weighted by atomic mass is 10.0. The number of allylic oxidation sites excluding steroid dienone is 4. The van der Waals surface area contributed by atoms with Gasteiger partial charge in [0.2, 0.25) is 0 Å². The van der Waals surface area contributed by atoms with Crippen LogP contribution in [0.4, 0.5) is 0 Å². The molecule has 0 amide bonds. The third-order valence-corrected chi connectivity index (χ3v) is 16.2. The quantitative estimate of drug-likeness (QED) is 0.0261. The van der Waals surface area contributed by atoms with Crippen molar-refractivity contribution in [2.45, 2.75) is 406 Å². The Morgan fingerprint density at radius 1 is 0.244 bits per heavy atom. The van der Waals surface area contributed by atoms with Crippen LogP contribution in [0.3, 0.4) is 0 Å². The molecule has 0 aliphatic heterocycles. The minimum atomic E-state index is -0.770. The van der Waals surface area contributed by atoms with Gasteiger partial charge in [0.05, 0.1) is 0 Å². The number of carbonyl (C=O) groups excluding carboxylic acids is 3. The van der Waals surface area contributed by atoms with E-state index in [0.29, 0.717) is 19.3 Å². The predicted octanol–water partition coefficient (Wildman–Crippen LogP) is 24.2. The van der Waals surface area contributed by atoms with Gasteiger partial charge in [-0.25, -0.2) is 0 Å². The highest BCUT2D eigenvalue weighted by atomic mass is 16.6. The van der Waals surface area contributed by atoms with Crippen molar-refractivity contribution in [2.75, 3.05) is 13.2 Å². The largest absolute Gasteiger partial charge is 0.462 e. The van der Waals surface area contributed by atoms with E-state index in [0.717, 1.165) is 64.2 Å². The first-order chi connectivity index (χ1) is 38.5. The van der Waals surface area contributed by atoms with E-state index in [4.69, 9.17) is 14.2 Å². The molecule has 0 aliphatic rings. The fraction of sp³-hybridized carbons (Fsp3) is 0.903. The van der Waals surface area contributed by atoms with Gasteiger partial charge in [0.25, 0.3) is 0 Å². The standard InChI is InChI=1S/C72H136O6/c1-4-7-10-13-16-19-22-24-26-28-30-31-32-33-34-35-36-37-38-39-40-41-42-44-45-47-50-53-56-59-62-65-71(74)77-68-69(67-76-70(73)64-61-58-55-52-49-21-18-15-12-9-6-3)78-72(75)66-63-60-57-54-51-48-46-43-29-27-25-23-20-17-14-11-8-5-2/h15,18,28,30,69H,4-14,16-17,19-27,29,31-68H2,1-3H3/b18-15-,30-28-. The lowest BCUT2D eigenvalue weighted by Gasteiger charge is -2.18. The Hall–Kier alpha value is -2.11. The van der Waals surface area contributed by atoms with Crippen LogP contribution in [-0.4, -0.2) is 37.2 Å². The van der Waals surface area contributed by atoms with E-state index in [1.165, 1.54) is 295 Å². The molecule has 78 heavy (non-hydrogen) atoms. The molecule has 0 N–H and O–H groups in total. The van der Waals surface area contributed by atoms with Crippen LogP contribution in [0, 0.1) is 0 Å². The Balaban J connectivity index is 4.09. The van der Waals surface area contributed by atoms with E-state index in [1.54, 1.807) is 0 Å². The second-order valence-electron chi connectivity index (χ2n) is 24.1. The number of unbranched alkanes of at least 4 members (excludes halogenated alkanes) is 51. The first-order valence-electron chi connectivity index (χ1n) is 35.3. The van der Waals surface area contributed by atoms with Crippen molar-refractivity contribution in [3.8, 4) is 0 Å². The van der Waals surface area contributed by atoms with E-state index in [9.17, 15) is 14.4 Å². The molecule has 0 spiro atoms. The monoisotopic (exact) mass is 1100 g/mol. The first kappa shape index (κ1) is 75.9. The Morgan fingerprint density at radius 3 is 0.679 bits per heavy atom. The number of hydrogen-bond acceptors (Lipinski definition) is 6. The van der Waals surface area contributed by atoms with Crippen LogP contribution in [0.25, 0.3) is 0 Å². The minimum absolute atomic E-state index is 0.0675. The molecule has 0 aromatic heterocycles. The maximum Gasteiger partial charge on any atom is 0.306 e. The van der Waals surface area contributed by atoms with Crippen LogP contribution in [0.1, 0.15) is 400 Å². The van der Waals surface area contributed by atoms with E-state index in [-0.39, 0.29) is 31.1 Å². The van der Waals surface area contributed by atoms with Crippen LogP contribution in [0.2, 0.25) is 0 Å². The van der Waals surface area contributed by atoms with Gasteiger partial charge in [-0.05, 0) is 64.2 Å². The molecular weight excluding hydrogens is 961 g/mol. The van der Waals surface area contributed by atoms with Crippen molar-refractivity contribution in [1.29, 1.82) is 0 Å². The minimum Gasteiger partial charge on any atom is -0.462 e. The van der Waals surface area contributed by atoms with Gasteiger partial charge in [-0.3, -0.25) is 14.4 Å². The normalized spacial score (nSPS) is 12.1. The fourth-order valence-corrected chi connectivity index (χ4v) is 10.8. The van der Waals surface area contributed by atoms with E-state index < -0.39 is 6.10 Å². The van der Waals surface area contributed by atoms with Crippen LogP contribution in [0.15, 0.2) is 24.3 Å². The number of rotatable bonds is 66. The number of carbonyl (C=O) groups is 3. The Bertz CT molecular complexity index is 1260. The number of hydrogen-bond donors (Lipinski definition) is 0. The highest BCUT2D eigenvalue weighted by Gasteiger charge is 2.19. The zero-order valence-electron chi connectivity index (χ0n) is 53.0. The molecular formula is C72H136O6. The van der Waals surface area contributed by atoms with Crippen molar-refractivity contribution in [3.63, 3.8) is 0 Å². The summed E-state index contributed by atoms with van der Waals surface area (Å²) in [5, 5.41) is 0. The Labute approximate surface area is 487 Å². The predicted molar refractivity (Wildman–Crippen MR) is 340 cm³/mol. The van der Waals surface area contributed by atoms with Gasteiger partial charge < -0.3 is 14.2 Å². The molecule has 460 valence electrons. The molecule has 0 bridgehead atoms. The lowest BCUT2D eigenvalue weighted by Crippen LogP contribution is -2.30. The Kier molecular flexibility index (Phi) is 65.6. The smallest absolute Gasteiger partial charge is 0.306 e. The van der Waals surface area contributed by atoms with Gasteiger partial charge in [-0.2, -0.15) is 0 Å². The second-order valence-corrected chi connectivity index (χ2v) is 24.1. The molecule has 1 atom stereocenters. The summed E-state index contributed by atoms with van der Waals surface area (Å²) in [6, 6.07) is 0. The van der Waals surface area contributed by atoms with Gasteiger partial charge in [-0.15, -0.1) is 0 Å². The molecule has 0 saturated heterocycles. The molecule has 0 aromatic rings. The molecule has 6 nitrogen and oxygen atoms in total. The van der Waals surface area contributed by atoms with Gasteiger partial charge in [0.1, 0.15) is 13.2 Å². The van der Waals surface area contributed by atoms with Gasteiger partial charge in [-0.1, -0.05) is 340 Å². The number of esters is 3. The van der Waals surface area contributed by atoms with E-state index in [1.807, 2.05) is 0 Å². The highest BCUT2D eigenvalue weighted by Crippen LogP contribution is 2.19. The molecule has 6 heteroatoms. The van der Waals surface area contributed by atoms with Crippen LogP contribution >= 0.6 is 0 Å². The molecule has 0 radical (unpaired) electrons. The van der Waals surface area contributed by atoms with Crippen molar-refractivity contribution >= 4 is 17.9 Å². The summed E-state index contributed by atoms with van der Waals surface area (Å²) in [5.74, 6) is -0.848. The molecule has 0 fully saturated rings. The average molecular weight is 1100 g/mol. The molecule has 1 unspecified atom stereocenters. The fourth-order valence-electron chi connectivity index (χ4n) is 10.8. The third-order valence-electron chi connectivity index (χ3n) is 16.2. The summed E-state index contributed by atoms with van der Waals surface area (Å²) in [7, 11) is 0. The molecule has 0 saturated carbocycles. The van der Waals surface area contributed by atoms with Crippen LogP contribution in [-0.2, 0) is 28.6 Å². The maximum absolute atomic E-state index is 12.9. The SMILES string of the molecule is CCCC/C=C\CCCCCCCC(=O)OCC(COC(=O)CCCCCCCCCCCCCCCCCCCCC/C=C\CCCCCCCCCC)OC(=O)CCCCCCCCCCCCCCCCCCCC. The van der Waals surface area contributed by atoms with E-state index >= 15 is 0 Å². The molecule has 0 heterocycles. The molecule has 0 rings (SSSR count). The average Bonchev–Trinajstić information content (AvgIpc) is 3.44. The zero-order valence-corrected chi connectivity index (χ0v) is 53.0. The lowest BCUT2D eigenvalue weighted by molar-refractivity contribution is -0.167. The van der Waals surface area contributed by atoms with Gasteiger partial charge in [0.15, 0.2) is 6.10 Å². The van der Waals surface area contributed by atoms with E-state index in [2.05, 4.69) is 45.1 Å². The second kappa shape index (κ2) is 67.4. The summed E-state index contributed by atoms with van der Waals surface area (Å²) in [4.78, 5) is 38.3. The summed E-state index contributed by atoms with van der Waals surface area (Å²) in [5.41, 5.74) is 0. The third kappa shape index (κ3) is 64.7. The molecule has 0 aromatic carbocycles. The van der Waals surface area contributed by atoms with Gasteiger partial charge >= 0.3 is 17.9 Å². The highest BCUT2D eigenvalue weighted by molar-refractivity contribution is 5.71. The van der Waals surface area contributed by atoms with Crippen LogP contribution < -0.4 is 0 Å².